The van der Waals surface area contributed by atoms with Crippen molar-refractivity contribution in [2.45, 2.75) is 45.0 Å². The molecule has 1 fully saturated rings. The number of halogens is 1. The molecule has 0 saturated carbocycles. The fraction of sp³-hybridized carbons (Fsp3) is 0.310. The highest BCUT2D eigenvalue weighted by Gasteiger charge is 2.33. The van der Waals surface area contributed by atoms with Gasteiger partial charge in [0, 0.05) is 19.7 Å². The summed E-state index contributed by atoms with van der Waals surface area (Å²) in [5.41, 5.74) is 3.86. The van der Waals surface area contributed by atoms with Crippen LogP contribution in [0, 0.1) is 12.7 Å². The summed E-state index contributed by atoms with van der Waals surface area (Å²) >= 11 is 0. The van der Waals surface area contributed by atoms with Crippen molar-refractivity contribution < 1.29 is 18.7 Å². The molecule has 1 aliphatic heterocycles. The van der Waals surface area contributed by atoms with Crippen molar-refractivity contribution in [1.29, 1.82) is 0 Å². The smallest absolute Gasteiger partial charge is 0.247 e. The molecule has 0 radical (unpaired) electrons. The van der Waals surface area contributed by atoms with Gasteiger partial charge in [-0.2, -0.15) is 0 Å². The second-order valence-corrected chi connectivity index (χ2v) is 9.58. The van der Waals surface area contributed by atoms with Gasteiger partial charge in [-0.25, -0.2) is 9.07 Å². The van der Waals surface area contributed by atoms with Crippen LogP contribution in [0.1, 0.15) is 35.6 Å². The molecule has 2 heterocycles. The minimum atomic E-state index is -0.986. The van der Waals surface area contributed by atoms with Gasteiger partial charge in [0.05, 0.1) is 11.6 Å². The number of carbonyl (C=O) groups is 2. The zero-order valence-corrected chi connectivity index (χ0v) is 21.2. The van der Waals surface area contributed by atoms with Gasteiger partial charge in [0.15, 0.2) is 0 Å². The highest BCUT2D eigenvalue weighted by Crippen LogP contribution is 2.26. The van der Waals surface area contributed by atoms with Gasteiger partial charge < -0.3 is 15.0 Å². The third kappa shape index (κ3) is 5.89. The molecule has 196 valence electrons. The second-order valence-electron chi connectivity index (χ2n) is 9.58. The van der Waals surface area contributed by atoms with Crippen molar-refractivity contribution in [2.24, 2.45) is 0 Å². The Morgan fingerprint density at radius 1 is 1.11 bits per heavy atom. The molecule has 5 rings (SSSR count). The highest BCUT2D eigenvalue weighted by molar-refractivity contribution is 5.89. The van der Waals surface area contributed by atoms with E-state index in [0.717, 1.165) is 29.5 Å². The Bertz CT molecular complexity index is 1400. The number of amides is 2. The third-order valence-electron chi connectivity index (χ3n) is 6.77. The molecule has 0 spiro atoms. The van der Waals surface area contributed by atoms with Crippen LogP contribution in [-0.4, -0.2) is 51.0 Å². The molecule has 1 N–H and O–H groups in total. The first kappa shape index (κ1) is 25.5. The lowest BCUT2D eigenvalue weighted by molar-refractivity contribution is -0.142. The normalized spacial score (nSPS) is 15.9. The molecule has 1 aromatic heterocycles. The Labute approximate surface area is 220 Å². The SMILES string of the molecule is Cc1ccc(CN(C(=O)Cn2nnc3ccccc32)[C@@H](C(=O)NC[C@@H]2CCCO2)c2ccc(F)cc2)cc1. The summed E-state index contributed by atoms with van der Waals surface area (Å²) in [5, 5.41) is 11.3. The van der Waals surface area contributed by atoms with Crippen molar-refractivity contribution >= 4 is 22.8 Å². The lowest BCUT2D eigenvalue weighted by Gasteiger charge is -2.32. The Balaban J connectivity index is 1.49. The minimum absolute atomic E-state index is 0.0596. The van der Waals surface area contributed by atoms with E-state index in [2.05, 4.69) is 15.6 Å². The maximum absolute atomic E-state index is 13.9. The fourth-order valence-corrected chi connectivity index (χ4v) is 4.70. The molecule has 9 heteroatoms. The second kappa shape index (κ2) is 11.5. The molecular formula is C29H30FN5O3. The number of carbonyl (C=O) groups excluding carboxylic acids is 2. The molecule has 8 nitrogen and oxygen atoms in total. The first-order valence-corrected chi connectivity index (χ1v) is 12.8. The van der Waals surface area contributed by atoms with Gasteiger partial charge in [-0.3, -0.25) is 9.59 Å². The van der Waals surface area contributed by atoms with Crippen LogP contribution in [0.4, 0.5) is 4.39 Å². The van der Waals surface area contributed by atoms with Crippen LogP contribution in [-0.2, 0) is 27.4 Å². The summed E-state index contributed by atoms with van der Waals surface area (Å²) in [6.07, 6.45) is 1.76. The summed E-state index contributed by atoms with van der Waals surface area (Å²) in [7, 11) is 0. The molecule has 2 atom stereocenters. The Hall–Kier alpha value is -4.11. The number of hydrogen-bond donors (Lipinski definition) is 1. The van der Waals surface area contributed by atoms with Crippen molar-refractivity contribution in [1.82, 2.24) is 25.2 Å². The zero-order valence-electron chi connectivity index (χ0n) is 21.2. The van der Waals surface area contributed by atoms with E-state index in [4.69, 9.17) is 4.74 Å². The quantitative estimate of drug-likeness (QED) is 0.365. The standard InChI is InChI=1S/C29H30FN5O3/c1-20-8-10-21(11-9-20)18-34(27(36)19-35-26-7-3-2-6-25(26)32-33-35)28(22-12-14-23(30)15-13-22)29(37)31-17-24-5-4-16-38-24/h2-3,6-15,24,28H,4-5,16-19H2,1H3,(H,31,37)/t24-,28+/m0/s1. The maximum Gasteiger partial charge on any atom is 0.247 e. The van der Waals surface area contributed by atoms with Crippen molar-refractivity contribution in [3.05, 3.63) is 95.3 Å². The molecule has 4 aromatic rings. The van der Waals surface area contributed by atoms with Crippen LogP contribution in [0.3, 0.4) is 0 Å². The summed E-state index contributed by atoms with van der Waals surface area (Å²) in [6, 6.07) is 19.9. The van der Waals surface area contributed by atoms with E-state index >= 15 is 0 Å². The number of aryl methyl sites for hydroxylation is 1. The Kier molecular flexibility index (Phi) is 7.74. The monoisotopic (exact) mass is 515 g/mol. The Morgan fingerprint density at radius 3 is 2.61 bits per heavy atom. The van der Waals surface area contributed by atoms with E-state index < -0.39 is 11.9 Å². The molecule has 3 aromatic carbocycles. The van der Waals surface area contributed by atoms with Gasteiger partial charge in [0.2, 0.25) is 11.8 Å². The van der Waals surface area contributed by atoms with E-state index in [1.807, 2.05) is 55.5 Å². The van der Waals surface area contributed by atoms with Gasteiger partial charge in [-0.15, -0.1) is 5.10 Å². The first-order chi connectivity index (χ1) is 18.5. The third-order valence-corrected chi connectivity index (χ3v) is 6.77. The average molecular weight is 516 g/mol. The molecule has 2 amide bonds. The number of rotatable bonds is 9. The van der Waals surface area contributed by atoms with Crippen LogP contribution in [0.25, 0.3) is 11.0 Å². The topological polar surface area (TPSA) is 89.4 Å². The van der Waals surface area contributed by atoms with Gasteiger partial charge in [0.25, 0.3) is 0 Å². The molecule has 38 heavy (non-hydrogen) atoms. The molecule has 0 bridgehead atoms. The fourth-order valence-electron chi connectivity index (χ4n) is 4.70. The number of ether oxygens (including phenoxy) is 1. The van der Waals surface area contributed by atoms with Gasteiger partial charge in [-0.05, 0) is 55.2 Å². The predicted molar refractivity (Wildman–Crippen MR) is 140 cm³/mol. The van der Waals surface area contributed by atoms with Crippen LogP contribution in [0.15, 0.2) is 72.8 Å². The summed E-state index contributed by atoms with van der Waals surface area (Å²) in [6.45, 7) is 3.08. The van der Waals surface area contributed by atoms with E-state index in [1.54, 1.807) is 12.1 Å². The van der Waals surface area contributed by atoms with Gasteiger partial charge in [-0.1, -0.05) is 59.3 Å². The number of para-hydroxylation sites is 1. The maximum atomic E-state index is 13.9. The first-order valence-electron chi connectivity index (χ1n) is 12.8. The van der Waals surface area contributed by atoms with Crippen molar-refractivity contribution in [2.75, 3.05) is 13.2 Å². The molecule has 0 unspecified atom stereocenters. The molecule has 1 saturated heterocycles. The zero-order chi connectivity index (χ0) is 26.5. The number of nitrogens with one attached hydrogen (secondary N) is 1. The van der Waals surface area contributed by atoms with E-state index in [1.165, 1.54) is 21.7 Å². The largest absolute Gasteiger partial charge is 0.376 e. The summed E-state index contributed by atoms with van der Waals surface area (Å²) in [5.74, 6) is -1.09. The summed E-state index contributed by atoms with van der Waals surface area (Å²) in [4.78, 5) is 29.2. The Morgan fingerprint density at radius 2 is 1.87 bits per heavy atom. The number of fused-ring (bicyclic) bond motifs is 1. The summed E-state index contributed by atoms with van der Waals surface area (Å²) < 4.78 is 21.0. The predicted octanol–water partition coefficient (Wildman–Crippen LogP) is 3.94. The highest BCUT2D eigenvalue weighted by atomic mass is 19.1. The van der Waals surface area contributed by atoms with E-state index in [-0.39, 0.29) is 31.0 Å². The molecule has 1 aliphatic rings. The van der Waals surface area contributed by atoms with Crippen LogP contribution < -0.4 is 5.32 Å². The molecule has 0 aliphatic carbocycles. The van der Waals surface area contributed by atoms with Crippen LogP contribution in [0.5, 0.6) is 0 Å². The number of nitrogens with zero attached hydrogens (tertiary/aromatic N) is 4. The molecular weight excluding hydrogens is 485 g/mol. The van der Waals surface area contributed by atoms with Crippen LogP contribution >= 0.6 is 0 Å². The minimum Gasteiger partial charge on any atom is -0.376 e. The van der Waals surface area contributed by atoms with Gasteiger partial charge >= 0.3 is 0 Å². The number of aromatic nitrogens is 3. The average Bonchev–Trinajstić information content (AvgIpc) is 3.60. The van der Waals surface area contributed by atoms with E-state index in [0.29, 0.717) is 24.2 Å². The number of benzene rings is 3. The lowest BCUT2D eigenvalue weighted by Crippen LogP contribution is -2.46. The van der Waals surface area contributed by atoms with Crippen molar-refractivity contribution in [3.8, 4) is 0 Å². The van der Waals surface area contributed by atoms with E-state index in [9.17, 15) is 14.0 Å². The van der Waals surface area contributed by atoms with Crippen LogP contribution in [0.2, 0.25) is 0 Å². The number of hydrogen-bond acceptors (Lipinski definition) is 5. The van der Waals surface area contributed by atoms with Crippen molar-refractivity contribution in [3.63, 3.8) is 0 Å². The van der Waals surface area contributed by atoms with Gasteiger partial charge in [0.1, 0.15) is 23.9 Å². The lowest BCUT2D eigenvalue weighted by atomic mass is 10.0.